The molecular weight excluding hydrogens is 416 g/mol. The maximum absolute atomic E-state index is 13.1. The molecule has 1 atom stereocenters. The molecule has 0 unspecified atom stereocenters. The van der Waals surface area contributed by atoms with Gasteiger partial charge in [-0.05, 0) is 68.5 Å². The van der Waals surface area contributed by atoms with Crippen LogP contribution in [0.1, 0.15) is 58.1 Å². The molecule has 1 aromatic carbocycles. The van der Waals surface area contributed by atoms with Gasteiger partial charge in [-0.2, -0.15) is 5.10 Å². The van der Waals surface area contributed by atoms with Gasteiger partial charge >= 0.3 is 5.69 Å². The van der Waals surface area contributed by atoms with Crippen LogP contribution >= 0.6 is 0 Å². The van der Waals surface area contributed by atoms with E-state index < -0.39 is 0 Å². The molecule has 0 spiro atoms. The number of benzene rings is 1. The van der Waals surface area contributed by atoms with Crippen molar-refractivity contribution in [1.29, 1.82) is 0 Å². The topological polar surface area (TPSA) is 80.5 Å². The minimum atomic E-state index is -0.0308. The Morgan fingerprint density at radius 3 is 2.73 bits per heavy atom. The molecule has 5 rings (SSSR count). The Balaban J connectivity index is 1.67. The van der Waals surface area contributed by atoms with Crippen LogP contribution in [-0.4, -0.2) is 55.3 Å². The highest BCUT2D eigenvalue weighted by molar-refractivity contribution is 5.85. The molecule has 1 fully saturated rings. The molecular formula is C25H32N6O2. The second-order valence-corrected chi connectivity index (χ2v) is 9.62. The number of piperidine rings is 1. The Morgan fingerprint density at radius 1 is 1.18 bits per heavy atom. The monoisotopic (exact) mass is 448 g/mol. The van der Waals surface area contributed by atoms with Crippen LogP contribution in [-0.2, 0) is 0 Å². The predicted molar refractivity (Wildman–Crippen MR) is 130 cm³/mol. The first kappa shape index (κ1) is 21.7. The van der Waals surface area contributed by atoms with Gasteiger partial charge in [-0.1, -0.05) is 13.8 Å². The van der Waals surface area contributed by atoms with Gasteiger partial charge in [0.1, 0.15) is 6.33 Å². The van der Waals surface area contributed by atoms with Crippen molar-refractivity contribution in [2.45, 2.75) is 58.5 Å². The summed E-state index contributed by atoms with van der Waals surface area (Å²) in [6.45, 7) is 10.8. The molecule has 1 aliphatic rings. The number of pyridine rings is 1. The lowest BCUT2D eigenvalue weighted by Crippen LogP contribution is -2.42. The van der Waals surface area contributed by atoms with Crippen molar-refractivity contribution >= 4 is 16.7 Å². The van der Waals surface area contributed by atoms with Crippen LogP contribution in [0.15, 0.2) is 35.5 Å². The van der Waals surface area contributed by atoms with E-state index >= 15 is 0 Å². The van der Waals surface area contributed by atoms with E-state index in [0.717, 1.165) is 48.1 Å². The summed E-state index contributed by atoms with van der Waals surface area (Å²) < 4.78 is 9.30. The van der Waals surface area contributed by atoms with E-state index in [0.29, 0.717) is 17.4 Å². The van der Waals surface area contributed by atoms with E-state index in [4.69, 9.17) is 4.74 Å². The fourth-order valence-electron chi connectivity index (χ4n) is 5.14. The number of aromatic nitrogens is 5. The van der Waals surface area contributed by atoms with Crippen molar-refractivity contribution in [1.82, 2.24) is 29.0 Å². The van der Waals surface area contributed by atoms with Crippen LogP contribution < -0.4 is 10.4 Å². The van der Waals surface area contributed by atoms with Crippen LogP contribution in [0, 0.1) is 0 Å². The number of imidazole rings is 1. The molecule has 0 amide bonds. The summed E-state index contributed by atoms with van der Waals surface area (Å²) in [4.78, 5) is 23.0. The Hall–Kier alpha value is -3.13. The summed E-state index contributed by atoms with van der Waals surface area (Å²) in [6.07, 6.45) is 5.62. The van der Waals surface area contributed by atoms with Gasteiger partial charge in [0, 0.05) is 24.3 Å². The van der Waals surface area contributed by atoms with Crippen LogP contribution in [0.5, 0.6) is 5.75 Å². The molecule has 1 N–H and O–H groups in total. The number of hydrogen-bond acceptors (Lipinski definition) is 5. The number of ether oxygens (including phenoxy) is 1. The third kappa shape index (κ3) is 3.72. The minimum absolute atomic E-state index is 0.0308. The zero-order valence-corrected chi connectivity index (χ0v) is 20.0. The largest absolute Gasteiger partial charge is 0.493 e. The number of aromatic amines is 1. The molecule has 33 heavy (non-hydrogen) atoms. The van der Waals surface area contributed by atoms with Crippen molar-refractivity contribution in [3.63, 3.8) is 0 Å². The molecule has 1 aliphatic heterocycles. The van der Waals surface area contributed by atoms with E-state index in [1.807, 2.05) is 16.8 Å². The Morgan fingerprint density at radius 2 is 2.00 bits per heavy atom. The highest BCUT2D eigenvalue weighted by Gasteiger charge is 2.26. The molecule has 0 bridgehead atoms. The van der Waals surface area contributed by atoms with E-state index in [2.05, 4.69) is 59.8 Å². The summed E-state index contributed by atoms with van der Waals surface area (Å²) >= 11 is 0. The molecule has 8 heteroatoms. The Kier molecular flexibility index (Phi) is 5.48. The van der Waals surface area contributed by atoms with Gasteiger partial charge in [-0.25, -0.2) is 14.3 Å². The van der Waals surface area contributed by atoms with Crippen molar-refractivity contribution in [2.75, 3.05) is 20.2 Å². The van der Waals surface area contributed by atoms with Crippen LogP contribution in [0.4, 0.5) is 0 Å². The second-order valence-electron chi connectivity index (χ2n) is 9.62. The number of rotatable bonds is 5. The van der Waals surface area contributed by atoms with Crippen molar-refractivity contribution < 1.29 is 4.74 Å². The zero-order valence-electron chi connectivity index (χ0n) is 20.0. The smallest absolute Gasteiger partial charge is 0.326 e. The van der Waals surface area contributed by atoms with Gasteiger partial charge in [-0.15, -0.1) is 0 Å². The van der Waals surface area contributed by atoms with Gasteiger partial charge in [0.2, 0.25) is 0 Å². The summed E-state index contributed by atoms with van der Waals surface area (Å²) in [5, 5.41) is 4.31. The van der Waals surface area contributed by atoms with Crippen molar-refractivity contribution in [3.05, 3.63) is 46.8 Å². The summed E-state index contributed by atoms with van der Waals surface area (Å²) in [6, 6.07) is 6.95. The number of fused-ring (bicyclic) bond motifs is 2. The van der Waals surface area contributed by atoms with Gasteiger partial charge in [0.25, 0.3) is 0 Å². The summed E-state index contributed by atoms with van der Waals surface area (Å²) in [7, 11) is 1.64. The van der Waals surface area contributed by atoms with Crippen LogP contribution in [0.2, 0.25) is 0 Å². The molecule has 0 saturated carbocycles. The number of hydrogen-bond donors (Lipinski definition) is 1. The lowest BCUT2D eigenvalue weighted by atomic mass is 9.92. The maximum Gasteiger partial charge on any atom is 0.326 e. The Bertz CT molecular complexity index is 1360. The average molecular weight is 449 g/mol. The molecule has 0 radical (unpaired) electrons. The van der Waals surface area contributed by atoms with Gasteiger partial charge in [0.15, 0.2) is 11.4 Å². The van der Waals surface area contributed by atoms with Crippen molar-refractivity contribution in [2.24, 2.45) is 0 Å². The molecule has 0 aliphatic carbocycles. The van der Waals surface area contributed by atoms with Crippen molar-refractivity contribution in [3.8, 4) is 16.9 Å². The first-order valence-corrected chi connectivity index (χ1v) is 11.8. The molecule has 174 valence electrons. The third-order valence-electron chi connectivity index (χ3n) is 6.91. The maximum atomic E-state index is 13.1. The third-order valence-corrected chi connectivity index (χ3v) is 6.91. The number of nitrogens with zero attached hydrogens (tertiary/aromatic N) is 5. The molecule has 4 aromatic rings. The standard InChI is InChI=1S/C25H32N6O2/c1-15(2)19-11-22-21(28-25(32)31(22)18-7-6-8-29(13-18)16(3)4)10-20(19)17-9-23(33-5)24-26-14-27-30(24)12-17/h9-12,14-16,18H,6-8,13H2,1-5H3,(H,28,32)/t18-/m0/s1. The molecule has 4 heterocycles. The first-order chi connectivity index (χ1) is 15.9. The lowest BCUT2D eigenvalue weighted by molar-refractivity contribution is 0.143. The molecule has 1 saturated heterocycles. The zero-order chi connectivity index (χ0) is 23.3. The highest BCUT2D eigenvalue weighted by atomic mass is 16.5. The lowest BCUT2D eigenvalue weighted by Gasteiger charge is -2.35. The summed E-state index contributed by atoms with van der Waals surface area (Å²) in [5.41, 5.74) is 5.72. The van der Waals surface area contributed by atoms with E-state index in [9.17, 15) is 4.79 Å². The fourth-order valence-corrected chi connectivity index (χ4v) is 5.14. The summed E-state index contributed by atoms with van der Waals surface area (Å²) in [5.74, 6) is 0.945. The number of H-pyrrole nitrogens is 1. The SMILES string of the molecule is COc1cc(-c2cc3[nH]c(=O)n([C@H]4CCCN(C(C)C)C4)c3cc2C(C)C)cn2ncnc12. The average Bonchev–Trinajstić information content (AvgIpc) is 3.40. The first-order valence-electron chi connectivity index (χ1n) is 11.8. The number of methoxy groups -OCH3 is 1. The second kappa shape index (κ2) is 8.33. The molecule has 8 nitrogen and oxygen atoms in total. The van der Waals surface area contributed by atoms with E-state index in [-0.39, 0.29) is 17.6 Å². The number of nitrogens with one attached hydrogen (secondary N) is 1. The highest BCUT2D eigenvalue weighted by Crippen LogP contribution is 2.36. The quantitative estimate of drug-likeness (QED) is 0.495. The Labute approximate surface area is 193 Å². The number of likely N-dealkylation sites (tertiary alicyclic amines) is 1. The van der Waals surface area contributed by atoms with Crippen LogP contribution in [0.3, 0.4) is 0 Å². The molecule has 3 aromatic heterocycles. The van der Waals surface area contributed by atoms with E-state index in [1.165, 1.54) is 11.9 Å². The fraction of sp³-hybridized carbons (Fsp3) is 0.480. The van der Waals surface area contributed by atoms with E-state index in [1.54, 1.807) is 11.6 Å². The van der Waals surface area contributed by atoms with Gasteiger partial charge in [0.05, 0.1) is 24.2 Å². The van der Waals surface area contributed by atoms with Gasteiger partial charge < -0.3 is 9.72 Å². The predicted octanol–water partition coefficient (Wildman–Crippen LogP) is 4.22. The van der Waals surface area contributed by atoms with Crippen LogP contribution in [0.25, 0.3) is 27.8 Å². The normalized spacial score (nSPS) is 17.6. The minimum Gasteiger partial charge on any atom is -0.493 e. The van der Waals surface area contributed by atoms with Gasteiger partial charge in [-0.3, -0.25) is 9.47 Å².